The van der Waals surface area contributed by atoms with Crippen molar-refractivity contribution in [3.63, 3.8) is 0 Å². The summed E-state index contributed by atoms with van der Waals surface area (Å²) in [5.41, 5.74) is 0.441. The van der Waals surface area contributed by atoms with Gasteiger partial charge in [-0.1, -0.05) is 60.7 Å². The summed E-state index contributed by atoms with van der Waals surface area (Å²) in [7, 11) is 0. The number of Topliss-reactive ketones (excluding diaryl/α,β-unsaturated/α-hetero) is 2. The van der Waals surface area contributed by atoms with Gasteiger partial charge in [-0.2, -0.15) is 0 Å². The molecule has 11 nitrogen and oxygen atoms in total. The minimum Gasteiger partial charge on any atom is -0.352 e. The maximum Gasteiger partial charge on any atom is 0.270 e. The van der Waals surface area contributed by atoms with Crippen LogP contribution in [0, 0.1) is 26.1 Å². The summed E-state index contributed by atoms with van der Waals surface area (Å²) < 4.78 is 0. The fraction of sp³-hybridized carbons (Fsp3) is 0.121. The molecule has 0 aromatic heterocycles. The highest BCUT2D eigenvalue weighted by Crippen LogP contribution is 2.58. The first-order chi connectivity index (χ1) is 21.2. The van der Waals surface area contributed by atoms with Gasteiger partial charge in [0.2, 0.25) is 5.91 Å². The van der Waals surface area contributed by atoms with Gasteiger partial charge < -0.3 is 10.2 Å². The molecular formula is C33H22N4O7. The lowest BCUT2D eigenvalue weighted by atomic mass is 9.64. The number of benzene rings is 4. The molecule has 4 unspecified atom stereocenters. The molecule has 0 radical (unpaired) electrons. The SMILES string of the molecule is O=C(c1ccc([N+](=O)[O-])cc1)C1C(C(=O)c2cccc([N+](=O)[O-])c2)C2(C(=O)Nc3ccccc32)C2C=Cc3ccccc3N12. The summed E-state index contributed by atoms with van der Waals surface area (Å²) in [6.45, 7) is 0. The predicted octanol–water partition coefficient (Wildman–Crippen LogP) is 5.36. The Hall–Kier alpha value is -5.97. The molecule has 7 rings (SSSR count). The van der Waals surface area contributed by atoms with Crippen molar-refractivity contribution in [2.45, 2.75) is 17.5 Å². The van der Waals surface area contributed by atoms with Crippen LogP contribution in [0.1, 0.15) is 31.8 Å². The number of non-ortho nitro benzene ring substituents is 2. The van der Waals surface area contributed by atoms with Crippen molar-refractivity contribution in [2.24, 2.45) is 5.92 Å². The van der Waals surface area contributed by atoms with Crippen LogP contribution >= 0.6 is 0 Å². The van der Waals surface area contributed by atoms with Gasteiger partial charge in [0.25, 0.3) is 11.4 Å². The van der Waals surface area contributed by atoms with E-state index in [4.69, 9.17) is 0 Å². The molecule has 1 amide bonds. The zero-order chi connectivity index (χ0) is 30.7. The second-order valence-corrected chi connectivity index (χ2v) is 10.9. The van der Waals surface area contributed by atoms with E-state index in [0.717, 1.165) is 11.6 Å². The Bertz CT molecular complexity index is 1950. The van der Waals surface area contributed by atoms with Crippen LogP contribution in [0.3, 0.4) is 0 Å². The summed E-state index contributed by atoms with van der Waals surface area (Å²) in [4.78, 5) is 67.4. The number of nitro groups is 2. The van der Waals surface area contributed by atoms with Crippen molar-refractivity contribution in [1.82, 2.24) is 0 Å². The van der Waals surface area contributed by atoms with Crippen molar-refractivity contribution < 1.29 is 24.2 Å². The highest BCUT2D eigenvalue weighted by Gasteiger charge is 2.70. The number of hydrogen-bond donors (Lipinski definition) is 1. The number of nitrogens with zero attached hydrogens (tertiary/aromatic N) is 3. The quantitative estimate of drug-likeness (QED) is 0.180. The number of nitrogens with one attached hydrogen (secondary N) is 1. The third-order valence-corrected chi connectivity index (χ3v) is 8.80. The Labute approximate surface area is 249 Å². The Morgan fingerprint density at radius 3 is 2.23 bits per heavy atom. The predicted molar refractivity (Wildman–Crippen MR) is 161 cm³/mol. The van der Waals surface area contributed by atoms with Gasteiger partial charge in [-0.3, -0.25) is 34.6 Å². The van der Waals surface area contributed by atoms with Crippen LogP contribution in [0.5, 0.6) is 0 Å². The van der Waals surface area contributed by atoms with Crippen LogP contribution in [0.4, 0.5) is 22.7 Å². The average Bonchev–Trinajstić information content (AvgIpc) is 3.52. The number of para-hydroxylation sites is 2. The van der Waals surface area contributed by atoms with Crippen molar-refractivity contribution in [2.75, 3.05) is 10.2 Å². The number of carbonyl (C=O) groups is 3. The zero-order valence-electron chi connectivity index (χ0n) is 22.8. The molecule has 44 heavy (non-hydrogen) atoms. The summed E-state index contributed by atoms with van der Waals surface area (Å²) in [6, 6.07) is 22.6. The molecular weight excluding hydrogens is 564 g/mol. The van der Waals surface area contributed by atoms with Crippen LogP contribution in [-0.2, 0) is 10.2 Å². The topological polar surface area (TPSA) is 153 Å². The smallest absolute Gasteiger partial charge is 0.270 e. The third kappa shape index (κ3) is 3.72. The number of rotatable bonds is 6. The Morgan fingerprint density at radius 1 is 0.773 bits per heavy atom. The molecule has 1 N–H and O–H groups in total. The highest BCUT2D eigenvalue weighted by atomic mass is 16.6. The number of fused-ring (bicyclic) bond motifs is 6. The molecule has 4 aromatic carbocycles. The number of hydrogen-bond acceptors (Lipinski definition) is 8. The van der Waals surface area contributed by atoms with Crippen LogP contribution in [-0.4, -0.2) is 39.4 Å². The van der Waals surface area contributed by atoms with E-state index in [1.54, 1.807) is 35.2 Å². The molecule has 0 aliphatic carbocycles. The highest BCUT2D eigenvalue weighted by molar-refractivity contribution is 6.18. The Balaban J connectivity index is 1.51. The molecule has 1 fully saturated rings. The van der Waals surface area contributed by atoms with Crippen molar-refractivity contribution in [3.05, 3.63) is 146 Å². The van der Waals surface area contributed by atoms with E-state index in [9.17, 15) is 34.6 Å². The van der Waals surface area contributed by atoms with E-state index in [1.807, 2.05) is 30.4 Å². The minimum atomic E-state index is -1.59. The van der Waals surface area contributed by atoms with Gasteiger partial charge in [-0.05, 0) is 35.4 Å². The fourth-order valence-electron chi connectivity index (χ4n) is 6.99. The third-order valence-electron chi connectivity index (χ3n) is 8.80. The van der Waals surface area contributed by atoms with Crippen LogP contribution in [0.2, 0.25) is 0 Å². The van der Waals surface area contributed by atoms with Gasteiger partial charge in [0.1, 0.15) is 11.5 Å². The molecule has 1 saturated heterocycles. The lowest BCUT2D eigenvalue weighted by molar-refractivity contribution is -0.385. The van der Waals surface area contributed by atoms with Gasteiger partial charge in [0.15, 0.2) is 11.6 Å². The van der Waals surface area contributed by atoms with Gasteiger partial charge >= 0.3 is 0 Å². The number of carbonyl (C=O) groups excluding carboxylic acids is 3. The van der Waals surface area contributed by atoms with E-state index in [0.29, 0.717) is 16.9 Å². The molecule has 3 heterocycles. The van der Waals surface area contributed by atoms with Crippen LogP contribution in [0.25, 0.3) is 6.08 Å². The van der Waals surface area contributed by atoms with Gasteiger partial charge in [0, 0.05) is 46.8 Å². The van der Waals surface area contributed by atoms with E-state index in [2.05, 4.69) is 5.32 Å². The lowest BCUT2D eigenvalue weighted by Crippen LogP contribution is -2.51. The zero-order valence-corrected chi connectivity index (χ0v) is 22.8. The molecule has 11 heteroatoms. The average molecular weight is 587 g/mol. The van der Waals surface area contributed by atoms with Crippen molar-refractivity contribution in [3.8, 4) is 0 Å². The molecule has 216 valence electrons. The standard InChI is InChI=1S/C33H22N4O7/c38-30(21-7-5-8-23(18-21)37(43)44)28-29(31(39)20-12-15-22(16-13-20)36(41)42)35-26-11-4-1-6-19(26)14-17-27(35)33(28)24-9-2-3-10-25(24)34-32(33)40/h1-18,27-29H,(H,34,40). The molecule has 4 atom stereocenters. The second-order valence-electron chi connectivity index (χ2n) is 10.9. The molecule has 0 saturated carbocycles. The Kier molecular flexibility index (Phi) is 5.99. The van der Waals surface area contributed by atoms with Gasteiger partial charge in [-0.25, -0.2) is 0 Å². The molecule has 3 aliphatic heterocycles. The van der Waals surface area contributed by atoms with Gasteiger partial charge in [0.05, 0.1) is 21.8 Å². The normalized spacial score (nSPS) is 22.6. The first-order valence-corrected chi connectivity index (χ1v) is 13.8. The first-order valence-electron chi connectivity index (χ1n) is 13.8. The summed E-state index contributed by atoms with van der Waals surface area (Å²) in [5, 5.41) is 25.9. The van der Waals surface area contributed by atoms with Crippen molar-refractivity contribution in [1.29, 1.82) is 0 Å². The number of amides is 1. The summed E-state index contributed by atoms with van der Waals surface area (Å²) in [5.74, 6) is -2.94. The number of anilines is 2. The largest absolute Gasteiger partial charge is 0.352 e. The maximum atomic E-state index is 14.8. The number of ketones is 2. The summed E-state index contributed by atoms with van der Waals surface area (Å²) in [6.07, 6.45) is 3.68. The van der Waals surface area contributed by atoms with Crippen LogP contribution in [0.15, 0.2) is 103 Å². The van der Waals surface area contributed by atoms with E-state index >= 15 is 0 Å². The molecule has 4 aromatic rings. The second kappa shape index (κ2) is 9.80. The van der Waals surface area contributed by atoms with Gasteiger partial charge in [-0.15, -0.1) is 0 Å². The van der Waals surface area contributed by atoms with E-state index in [-0.39, 0.29) is 22.5 Å². The Morgan fingerprint density at radius 2 is 1.48 bits per heavy atom. The number of nitro benzene ring substituents is 2. The summed E-state index contributed by atoms with van der Waals surface area (Å²) >= 11 is 0. The molecule has 1 spiro atoms. The van der Waals surface area contributed by atoms with Crippen molar-refractivity contribution >= 4 is 46.3 Å². The van der Waals surface area contributed by atoms with E-state index < -0.39 is 50.7 Å². The molecule has 0 bridgehead atoms. The first kappa shape index (κ1) is 26.9. The monoisotopic (exact) mass is 586 g/mol. The fourth-order valence-corrected chi connectivity index (χ4v) is 6.99. The molecule has 3 aliphatic rings. The minimum absolute atomic E-state index is 0.0145. The maximum absolute atomic E-state index is 14.8. The van der Waals surface area contributed by atoms with Crippen LogP contribution < -0.4 is 10.2 Å². The van der Waals surface area contributed by atoms with E-state index in [1.165, 1.54) is 42.5 Å². The lowest BCUT2D eigenvalue weighted by Gasteiger charge is -2.37.